The van der Waals surface area contributed by atoms with Crippen LogP contribution in [0.5, 0.6) is 0 Å². The molecule has 0 saturated heterocycles. The molecule has 3 nitrogen and oxygen atoms in total. The molecule has 216 valence electrons. The third-order valence-electron chi connectivity index (χ3n) is 7.31. The average Bonchev–Trinajstić information content (AvgIpc) is 4.07. The summed E-state index contributed by atoms with van der Waals surface area (Å²) in [6.45, 7) is 0. The minimum atomic E-state index is -1.11. The van der Waals surface area contributed by atoms with Gasteiger partial charge in [-0.05, 0) is 53.4 Å². The lowest BCUT2D eigenvalue weighted by molar-refractivity contribution is 0.664. The molecule has 3 aromatic heterocycles. The summed E-state index contributed by atoms with van der Waals surface area (Å²) in [7, 11) is 0. The van der Waals surface area contributed by atoms with Gasteiger partial charge in [-0.3, -0.25) is 0 Å². The molecule has 0 amide bonds. The monoisotopic (exact) mass is 632 g/mol. The highest BCUT2D eigenvalue weighted by atomic mass is 32.1. The van der Waals surface area contributed by atoms with E-state index in [4.69, 9.17) is 32.1 Å². The molecule has 0 bridgehead atoms. The first kappa shape index (κ1) is 11.2. The van der Waals surface area contributed by atoms with Crippen molar-refractivity contribution in [3.05, 3.63) is 151 Å². The number of hydrogen-bond acceptors (Lipinski definition) is 4. The molecule has 4 heteroatoms. The Hall–Kier alpha value is -5.84. The van der Waals surface area contributed by atoms with Crippen molar-refractivity contribution in [3.8, 4) is 11.1 Å². The number of hydrogen-bond donors (Lipinski definition) is 0. The Labute approximate surface area is 303 Å². The van der Waals surface area contributed by atoms with Crippen LogP contribution in [-0.4, -0.2) is 0 Å². The lowest BCUT2D eigenvalue weighted by Gasteiger charge is -2.27. The molecule has 0 aliphatic heterocycles. The summed E-state index contributed by atoms with van der Waals surface area (Å²) in [6, 6.07) is -21.4. The van der Waals surface area contributed by atoms with Crippen molar-refractivity contribution in [2.75, 3.05) is 4.90 Å². The van der Waals surface area contributed by atoms with Gasteiger partial charge in [0.15, 0.2) is 5.58 Å². The van der Waals surface area contributed by atoms with Gasteiger partial charge in [0.1, 0.15) is 22.4 Å². The number of anilines is 3. The van der Waals surface area contributed by atoms with Gasteiger partial charge in [0.25, 0.3) is 0 Å². The van der Waals surface area contributed by atoms with Crippen molar-refractivity contribution < 1.29 is 43.1 Å². The van der Waals surface area contributed by atoms with Gasteiger partial charge in [0.2, 0.25) is 0 Å². The van der Waals surface area contributed by atoms with Crippen molar-refractivity contribution in [1.82, 2.24) is 0 Å². The zero-order chi connectivity index (χ0) is 51.9. The molecule has 46 heavy (non-hydrogen) atoms. The summed E-state index contributed by atoms with van der Waals surface area (Å²) in [5.41, 5.74) is -6.38. The predicted octanol–water partition coefficient (Wildman–Crippen LogP) is 13.0. The maximum Gasteiger partial charge on any atom is 0.160 e. The summed E-state index contributed by atoms with van der Waals surface area (Å²) in [6.07, 6.45) is 0. The van der Waals surface area contributed by atoms with Crippen LogP contribution < -0.4 is 4.90 Å². The number of furan rings is 2. The molecule has 10 aromatic rings. The minimum absolute atomic E-state index is 0.214. The van der Waals surface area contributed by atoms with E-state index in [0.29, 0.717) is 11.3 Å². The van der Waals surface area contributed by atoms with Gasteiger partial charge in [0.05, 0.1) is 50.0 Å². The van der Waals surface area contributed by atoms with E-state index in [2.05, 4.69) is 0 Å². The Bertz CT molecular complexity index is 4120. The van der Waals surface area contributed by atoms with Crippen LogP contribution in [-0.2, 0) is 0 Å². The lowest BCUT2D eigenvalue weighted by Crippen LogP contribution is -2.11. The first-order valence-corrected chi connectivity index (χ1v) is 14.2. The summed E-state index contributed by atoms with van der Waals surface area (Å²) < 4.78 is 235. The Kier molecular flexibility index (Phi) is 2.39. The number of para-hydroxylation sites is 2. The number of rotatable bonds is 4. The largest absolute Gasteiger partial charge is 0.456 e. The van der Waals surface area contributed by atoms with Crippen molar-refractivity contribution >= 4 is 92.4 Å². The van der Waals surface area contributed by atoms with Crippen LogP contribution in [0.15, 0.2) is 160 Å². The van der Waals surface area contributed by atoms with Crippen LogP contribution in [0, 0.1) is 0 Å². The fraction of sp³-hybridized carbons (Fsp3) is 0. The quantitative estimate of drug-likeness (QED) is 0.193. The molecule has 0 fully saturated rings. The third-order valence-corrected chi connectivity index (χ3v) is 8.42. The maximum atomic E-state index is 9.74. The van der Waals surface area contributed by atoms with Gasteiger partial charge in [-0.1, -0.05) is 109 Å². The molecule has 0 aliphatic rings. The van der Waals surface area contributed by atoms with Gasteiger partial charge in [-0.2, -0.15) is 0 Å². The van der Waals surface area contributed by atoms with Gasteiger partial charge in [-0.25, -0.2) is 0 Å². The Morgan fingerprint density at radius 3 is 1.98 bits per heavy atom. The first-order valence-electron chi connectivity index (χ1n) is 25.9. The number of thiophene rings is 1. The minimum Gasteiger partial charge on any atom is -0.456 e. The van der Waals surface area contributed by atoms with E-state index in [-0.39, 0.29) is 20.2 Å². The molecule has 0 saturated carbocycles. The Balaban J connectivity index is 1.55. The molecule has 10 rings (SSSR count). The second-order valence-corrected chi connectivity index (χ2v) is 10.8. The van der Waals surface area contributed by atoms with E-state index in [1.54, 1.807) is 0 Å². The van der Waals surface area contributed by atoms with Crippen molar-refractivity contribution in [1.29, 1.82) is 0 Å². The fourth-order valence-corrected chi connectivity index (χ4v) is 6.46. The molecule has 3 heterocycles. The average molecular weight is 633 g/mol. The van der Waals surface area contributed by atoms with Crippen molar-refractivity contribution in [3.63, 3.8) is 0 Å². The van der Waals surface area contributed by atoms with Gasteiger partial charge in [-0.15, -0.1) is 11.3 Å². The molecule has 0 spiro atoms. The van der Waals surface area contributed by atoms with Gasteiger partial charge >= 0.3 is 0 Å². The van der Waals surface area contributed by atoms with Gasteiger partial charge < -0.3 is 13.7 Å². The topological polar surface area (TPSA) is 29.5 Å². The summed E-state index contributed by atoms with van der Waals surface area (Å²) >= 11 is 0.555. The van der Waals surface area contributed by atoms with E-state index in [9.17, 15) is 11.0 Å². The molecular formula is C42H25NO2S. The van der Waals surface area contributed by atoms with Crippen LogP contribution in [0.2, 0.25) is 0 Å². The number of fused-ring (bicyclic) bond motifs is 9. The van der Waals surface area contributed by atoms with E-state index in [0.717, 1.165) is 4.90 Å². The first-order chi connectivity index (χ1) is 33.2. The predicted molar refractivity (Wildman–Crippen MR) is 194 cm³/mol. The van der Waals surface area contributed by atoms with E-state index >= 15 is 0 Å². The highest BCUT2D eigenvalue weighted by Gasteiger charge is 2.27. The highest BCUT2D eigenvalue weighted by molar-refractivity contribution is 7.26. The van der Waals surface area contributed by atoms with Gasteiger partial charge in [0, 0.05) is 37.3 Å². The Morgan fingerprint density at radius 2 is 1.15 bits per heavy atom. The molecule has 0 radical (unpaired) electrons. The summed E-state index contributed by atoms with van der Waals surface area (Å²) in [4.78, 5) is 0.750. The summed E-state index contributed by atoms with van der Waals surface area (Å²) in [5.74, 6) is 0. The van der Waals surface area contributed by atoms with E-state index in [1.807, 2.05) is 0 Å². The van der Waals surface area contributed by atoms with Crippen molar-refractivity contribution in [2.24, 2.45) is 0 Å². The lowest BCUT2D eigenvalue weighted by atomic mass is 10.0. The van der Waals surface area contributed by atoms with Crippen LogP contribution >= 0.6 is 11.3 Å². The van der Waals surface area contributed by atoms with E-state index < -0.39 is 223 Å². The fourth-order valence-electron chi connectivity index (χ4n) is 5.41. The van der Waals surface area contributed by atoms with Crippen LogP contribution in [0.25, 0.3) is 75.2 Å². The van der Waals surface area contributed by atoms with Crippen LogP contribution in [0.1, 0.15) is 34.3 Å². The Morgan fingerprint density at radius 1 is 0.500 bits per heavy atom. The third kappa shape index (κ3) is 3.71. The second kappa shape index (κ2) is 9.83. The normalized spacial score (nSPS) is 19.5. The van der Waals surface area contributed by atoms with Crippen LogP contribution in [0.4, 0.5) is 17.1 Å². The molecule has 0 unspecified atom stereocenters. The second-order valence-electron chi connectivity index (χ2n) is 9.79. The smallest absolute Gasteiger partial charge is 0.160 e. The summed E-state index contributed by atoms with van der Waals surface area (Å²) in [5, 5.41) is -2.70. The molecule has 7 aromatic carbocycles. The highest BCUT2D eigenvalue weighted by Crippen LogP contribution is 2.52. The van der Waals surface area contributed by atoms with Crippen LogP contribution in [0.3, 0.4) is 0 Å². The maximum absolute atomic E-state index is 9.74. The zero-order valence-electron chi connectivity index (χ0n) is 47.7. The molecule has 0 atom stereocenters. The number of nitrogens with zero attached hydrogens (tertiary/aromatic N) is 1. The molecule has 0 aliphatic carbocycles. The van der Waals surface area contributed by atoms with Crippen molar-refractivity contribution in [2.45, 2.75) is 0 Å². The standard InChI is InChI=1S/C42H25NO2S/c1-2-11-26(12-3-1)27-21-23-28(24-22-27)43(34-17-10-16-31-30-14-6-9-20-38(30)46-42(31)34)40-39-32-15-5-8-19-36(32)44-37(39)25-33-29-13-4-7-18-35(29)45-41(33)40/h1-25H/i1D,2D,3D,4D,5D,6D,7D,8D,9D,10D,11D,12D,13D,14D,15D,16D,17D,18D,19D,20D,21D,22D,23D,24D,25D. The number of benzene rings is 7. The molecular weight excluding hydrogens is 583 g/mol. The molecule has 0 N–H and O–H groups in total. The van der Waals surface area contributed by atoms with E-state index in [1.165, 1.54) is 0 Å². The SMILES string of the molecule is [2H]c1c([2H])c([2H])c(-c2c([2H])c([2H])c(N(c3c([2H])c([2H])c([2H])c4c3sc3c([2H])c([2H])c([2H])c([2H])c34)c3c4oc5c([2H])c([2H])c([2H])c([2H])c5c4c([2H])c4oc5c([2H])c([2H])c([2H])c([2H])c5c34)c([2H])c2[2H])c([2H])c1[2H]. The zero-order valence-corrected chi connectivity index (χ0v) is 23.5.